The zero-order valence-corrected chi connectivity index (χ0v) is 22.5. The molecule has 9 nitrogen and oxygen atoms in total. The van der Waals surface area contributed by atoms with Crippen molar-refractivity contribution in [2.24, 2.45) is 23.7 Å². The second-order valence-corrected chi connectivity index (χ2v) is 10.9. The first-order valence-corrected chi connectivity index (χ1v) is 13.6. The molecule has 3 amide bonds. The molecule has 0 radical (unpaired) electrons. The summed E-state index contributed by atoms with van der Waals surface area (Å²) in [7, 11) is 0. The molecule has 2 bridgehead atoms. The summed E-state index contributed by atoms with van der Waals surface area (Å²) in [6.45, 7) is 1.65. The number of alkyl halides is 2. The lowest BCUT2D eigenvalue weighted by molar-refractivity contribution is -0.123. The van der Waals surface area contributed by atoms with Crippen molar-refractivity contribution in [3.8, 4) is 0 Å². The monoisotopic (exact) mass is 572 g/mol. The van der Waals surface area contributed by atoms with Crippen LogP contribution in [-0.4, -0.2) is 53.6 Å². The molecule has 2 aromatic carbocycles. The van der Waals surface area contributed by atoms with Gasteiger partial charge in [-0.1, -0.05) is 13.0 Å². The first-order valence-electron chi connectivity index (χ1n) is 12.7. The van der Waals surface area contributed by atoms with Crippen LogP contribution in [0.2, 0.25) is 0 Å². The van der Waals surface area contributed by atoms with Gasteiger partial charge in [-0.2, -0.15) is 0 Å². The summed E-state index contributed by atoms with van der Waals surface area (Å²) in [6, 6.07) is 12.1. The van der Waals surface area contributed by atoms with Gasteiger partial charge in [0.05, 0.1) is 46.0 Å². The van der Waals surface area contributed by atoms with Gasteiger partial charge in [-0.15, -0.1) is 23.2 Å². The minimum Gasteiger partial charge on any atom is -0.462 e. The van der Waals surface area contributed by atoms with Crippen LogP contribution >= 0.6 is 23.2 Å². The fourth-order valence-electron chi connectivity index (χ4n) is 5.75. The third-order valence-electron chi connectivity index (χ3n) is 7.50. The summed E-state index contributed by atoms with van der Waals surface area (Å²) in [4.78, 5) is 64.4. The number of amides is 3. The molecule has 0 spiro atoms. The zero-order chi connectivity index (χ0) is 27.8. The van der Waals surface area contributed by atoms with Crippen LogP contribution in [0.3, 0.4) is 0 Å². The minimum absolute atomic E-state index is 0.0846. The number of halogens is 2. The van der Waals surface area contributed by atoms with E-state index in [9.17, 15) is 24.0 Å². The van der Waals surface area contributed by atoms with Crippen molar-refractivity contribution < 1.29 is 33.4 Å². The molecule has 1 aliphatic heterocycles. The first kappa shape index (κ1) is 27.1. The number of rotatable bonds is 8. The molecule has 39 heavy (non-hydrogen) atoms. The van der Waals surface area contributed by atoms with Gasteiger partial charge in [0.1, 0.15) is 0 Å². The van der Waals surface area contributed by atoms with E-state index in [1.54, 1.807) is 6.07 Å². The first-order chi connectivity index (χ1) is 18.7. The van der Waals surface area contributed by atoms with Crippen LogP contribution in [0, 0.1) is 23.7 Å². The number of carbonyl (C=O) groups excluding carboxylic acids is 5. The number of anilines is 2. The van der Waals surface area contributed by atoms with E-state index in [1.807, 2.05) is 6.92 Å². The van der Waals surface area contributed by atoms with E-state index in [4.69, 9.17) is 32.7 Å². The molecule has 6 atom stereocenters. The second-order valence-electron chi connectivity index (χ2n) is 9.90. The number of carbonyl (C=O) groups is 5. The van der Waals surface area contributed by atoms with Crippen molar-refractivity contribution in [1.82, 2.24) is 0 Å². The van der Waals surface area contributed by atoms with Crippen LogP contribution in [0.5, 0.6) is 0 Å². The van der Waals surface area contributed by atoms with Gasteiger partial charge in [-0.25, -0.2) is 9.59 Å². The molecule has 3 fully saturated rings. The van der Waals surface area contributed by atoms with Gasteiger partial charge in [0.2, 0.25) is 11.8 Å². The number of ether oxygens (including phenoxy) is 2. The van der Waals surface area contributed by atoms with E-state index in [1.165, 1.54) is 42.5 Å². The lowest BCUT2D eigenvalue weighted by Crippen LogP contribution is -2.37. The smallest absolute Gasteiger partial charge is 0.338 e. The molecule has 0 aromatic heterocycles. The maximum atomic E-state index is 13.2. The van der Waals surface area contributed by atoms with Crippen LogP contribution in [-0.2, 0) is 23.9 Å². The van der Waals surface area contributed by atoms with Gasteiger partial charge < -0.3 is 14.8 Å². The van der Waals surface area contributed by atoms with Gasteiger partial charge in [-0.3, -0.25) is 19.3 Å². The molecular weight excluding hydrogens is 547 g/mol. The summed E-state index contributed by atoms with van der Waals surface area (Å²) in [5.74, 6) is -3.80. The Hall–Kier alpha value is -3.43. The Morgan fingerprint density at radius 3 is 2.13 bits per heavy atom. The molecule has 1 saturated heterocycles. The number of imide groups is 1. The highest BCUT2D eigenvalue weighted by molar-refractivity contribution is 6.32. The van der Waals surface area contributed by atoms with Crippen molar-refractivity contribution in [3.63, 3.8) is 0 Å². The topological polar surface area (TPSA) is 119 Å². The van der Waals surface area contributed by atoms with Crippen LogP contribution in [0.15, 0.2) is 48.5 Å². The molecule has 1 heterocycles. The van der Waals surface area contributed by atoms with Crippen LogP contribution in [0.25, 0.3) is 0 Å². The number of benzene rings is 2. The largest absolute Gasteiger partial charge is 0.462 e. The summed E-state index contributed by atoms with van der Waals surface area (Å²) in [5, 5.41) is 1.86. The molecule has 11 heteroatoms. The lowest BCUT2D eigenvalue weighted by Gasteiger charge is -2.28. The normalized spacial score (nSPS) is 26.9. The second kappa shape index (κ2) is 11.0. The Morgan fingerprint density at radius 2 is 1.51 bits per heavy atom. The average molecular weight is 573 g/mol. The standard InChI is InChI=1S/C28H26Cl2N2O7/c1-2-10-38-27(36)14-6-8-16(9-7-14)31-20(33)13-39-28(37)15-4-3-5-17(11-15)32-25(34)21-18-12-19(22(21)26(32)35)24(30)23(18)29/h3-9,11,18-19,21-24H,2,10,12-13H2,1H3,(H,31,33)/t18-,19-,21-,22+,23+,24+/m1/s1. The molecule has 0 unspecified atom stereocenters. The van der Waals surface area contributed by atoms with Crippen molar-refractivity contribution >= 4 is 64.2 Å². The maximum absolute atomic E-state index is 13.2. The van der Waals surface area contributed by atoms with E-state index in [-0.39, 0.29) is 45.7 Å². The quantitative estimate of drug-likeness (QED) is 0.288. The number of hydrogen-bond acceptors (Lipinski definition) is 7. The Morgan fingerprint density at radius 1 is 0.897 bits per heavy atom. The third-order valence-corrected chi connectivity index (χ3v) is 8.82. The molecule has 2 saturated carbocycles. The highest BCUT2D eigenvalue weighted by atomic mass is 35.5. The van der Waals surface area contributed by atoms with Gasteiger partial charge in [0.15, 0.2) is 6.61 Å². The van der Waals surface area contributed by atoms with Gasteiger partial charge in [0.25, 0.3) is 5.91 Å². The number of fused-ring (bicyclic) bond motifs is 5. The minimum atomic E-state index is -0.790. The predicted molar refractivity (Wildman–Crippen MR) is 143 cm³/mol. The molecular formula is C28H26Cl2N2O7. The predicted octanol–water partition coefficient (Wildman–Crippen LogP) is 4.02. The fourth-order valence-corrected chi connectivity index (χ4v) is 6.65. The SMILES string of the molecule is CCCOC(=O)c1ccc(NC(=O)COC(=O)c2cccc(N3C(=O)[C@@H]4[C@H]5C[C@@H]([C@H](Cl)[C@H]5Cl)[C@@H]4C3=O)c2)cc1. The number of nitrogens with one attached hydrogen (secondary N) is 1. The number of hydrogen-bond donors (Lipinski definition) is 1. The maximum Gasteiger partial charge on any atom is 0.338 e. The van der Waals surface area contributed by atoms with Gasteiger partial charge in [0, 0.05) is 5.69 Å². The highest BCUT2D eigenvalue weighted by Gasteiger charge is 2.66. The van der Waals surface area contributed by atoms with Crippen LogP contribution < -0.4 is 10.2 Å². The van der Waals surface area contributed by atoms with Crippen molar-refractivity contribution in [1.29, 1.82) is 0 Å². The van der Waals surface area contributed by atoms with E-state index < -0.39 is 36.3 Å². The Balaban J connectivity index is 1.19. The van der Waals surface area contributed by atoms with E-state index in [0.29, 0.717) is 30.7 Å². The van der Waals surface area contributed by atoms with E-state index >= 15 is 0 Å². The highest BCUT2D eigenvalue weighted by Crippen LogP contribution is 2.59. The lowest BCUT2D eigenvalue weighted by atomic mass is 9.80. The molecule has 2 aromatic rings. The van der Waals surface area contributed by atoms with Crippen LogP contribution in [0.1, 0.15) is 40.5 Å². The van der Waals surface area contributed by atoms with Gasteiger partial charge in [-0.05, 0) is 67.1 Å². The Kier molecular flexibility index (Phi) is 7.64. The fraction of sp³-hybridized carbons (Fsp3) is 0.393. The Bertz CT molecular complexity index is 1300. The van der Waals surface area contributed by atoms with Crippen molar-refractivity contribution in [2.75, 3.05) is 23.4 Å². The van der Waals surface area contributed by atoms with Crippen molar-refractivity contribution in [2.45, 2.75) is 30.5 Å². The number of esters is 2. The zero-order valence-electron chi connectivity index (χ0n) is 21.0. The molecule has 3 aliphatic rings. The van der Waals surface area contributed by atoms with E-state index in [0.717, 1.165) is 4.90 Å². The van der Waals surface area contributed by atoms with Crippen molar-refractivity contribution in [3.05, 3.63) is 59.7 Å². The summed E-state index contributed by atoms with van der Waals surface area (Å²) >= 11 is 12.8. The Labute approximate surface area is 234 Å². The molecule has 5 rings (SSSR count). The van der Waals surface area contributed by atoms with Gasteiger partial charge >= 0.3 is 11.9 Å². The molecule has 1 N–H and O–H groups in total. The summed E-state index contributed by atoms with van der Waals surface area (Å²) < 4.78 is 10.2. The number of nitrogens with zero attached hydrogens (tertiary/aromatic N) is 1. The molecule has 2 aliphatic carbocycles. The van der Waals surface area contributed by atoms with E-state index in [2.05, 4.69) is 5.32 Å². The average Bonchev–Trinajstić information content (AvgIpc) is 3.55. The summed E-state index contributed by atoms with van der Waals surface area (Å²) in [5.41, 5.74) is 1.10. The third kappa shape index (κ3) is 5.01. The summed E-state index contributed by atoms with van der Waals surface area (Å²) in [6.07, 6.45) is 1.37. The molecule has 204 valence electrons. The van der Waals surface area contributed by atoms with Crippen LogP contribution in [0.4, 0.5) is 11.4 Å².